The first-order valence-corrected chi connectivity index (χ1v) is 11.3. The lowest BCUT2D eigenvalue weighted by atomic mass is 10.0. The lowest BCUT2D eigenvalue weighted by Gasteiger charge is -2.19. The highest BCUT2D eigenvalue weighted by atomic mass is 32.1. The van der Waals surface area contributed by atoms with Crippen molar-refractivity contribution in [2.45, 2.75) is 53.1 Å². The number of nitrogens with zero attached hydrogens (tertiary/aromatic N) is 5. The summed E-state index contributed by atoms with van der Waals surface area (Å²) in [4.78, 5) is 24.5. The van der Waals surface area contributed by atoms with Crippen molar-refractivity contribution in [2.24, 2.45) is 0 Å². The maximum Gasteiger partial charge on any atom is 0.280 e. The van der Waals surface area contributed by atoms with Gasteiger partial charge in [0.1, 0.15) is 0 Å². The number of carbonyl (C=O) groups excluding carboxylic acids is 1. The number of anilines is 1. The lowest BCUT2D eigenvalue weighted by molar-refractivity contribution is 0.0979. The van der Waals surface area contributed by atoms with Crippen molar-refractivity contribution in [3.05, 3.63) is 71.3 Å². The maximum atomic E-state index is 13.6. The largest absolute Gasteiger partial charge is 0.280 e. The number of pyridine rings is 1. The zero-order valence-electron chi connectivity index (χ0n) is 18.5. The smallest absolute Gasteiger partial charge is 0.278 e. The molecule has 0 saturated carbocycles. The van der Waals surface area contributed by atoms with Crippen molar-refractivity contribution in [1.82, 2.24) is 19.7 Å². The van der Waals surface area contributed by atoms with E-state index in [2.05, 4.69) is 56.0 Å². The van der Waals surface area contributed by atoms with Gasteiger partial charge < -0.3 is 0 Å². The molecule has 0 N–H and O–H groups in total. The SMILES string of the molecule is Cc1cc(C(=O)N(Cc2cccnc2)c2nc3c(C(C)C)cccc3s2)nn1C(C)C. The molecule has 4 rings (SSSR count). The predicted octanol–water partition coefficient (Wildman–Crippen LogP) is 5.75. The molecule has 0 aliphatic heterocycles. The van der Waals surface area contributed by atoms with Crippen molar-refractivity contribution in [2.75, 3.05) is 4.90 Å². The van der Waals surface area contributed by atoms with Crippen molar-refractivity contribution in [3.8, 4) is 0 Å². The summed E-state index contributed by atoms with van der Waals surface area (Å²) in [7, 11) is 0. The Morgan fingerprint density at radius 3 is 2.61 bits per heavy atom. The predicted molar refractivity (Wildman–Crippen MR) is 126 cm³/mol. The molecule has 0 bridgehead atoms. The topological polar surface area (TPSA) is 63.9 Å². The first-order chi connectivity index (χ1) is 14.8. The zero-order valence-corrected chi connectivity index (χ0v) is 19.3. The second kappa shape index (κ2) is 8.59. The number of amides is 1. The minimum Gasteiger partial charge on any atom is -0.278 e. The second-order valence-corrected chi connectivity index (χ2v) is 9.32. The molecule has 0 atom stereocenters. The summed E-state index contributed by atoms with van der Waals surface area (Å²) >= 11 is 1.54. The standard InChI is InChI=1S/C24H27N5OS/c1-15(2)19-9-6-10-21-22(19)26-24(31-21)28(14-18-8-7-11-25-13-18)23(30)20-12-17(5)29(27-20)16(3)4/h6-13,15-16H,14H2,1-5H3. The summed E-state index contributed by atoms with van der Waals surface area (Å²) in [5.74, 6) is 0.196. The van der Waals surface area contributed by atoms with Crippen LogP contribution in [-0.4, -0.2) is 25.7 Å². The number of rotatable bonds is 6. The Morgan fingerprint density at radius 1 is 1.16 bits per heavy atom. The maximum absolute atomic E-state index is 13.6. The number of carbonyl (C=O) groups is 1. The van der Waals surface area contributed by atoms with Crippen molar-refractivity contribution >= 4 is 32.6 Å². The Labute approximate surface area is 186 Å². The van der Waals surface area contributed by atoms with Gasteiger partial charge in [0.25, 0.3) is 5.91 Å². The van der Waals surface area contributed by atoms with Gasteiger partial charge in [-0.3, -0.25) is 19.4 Å². The minimum atomic E-state index is -0.156. The monoisotopic (exact) mass is 433 g/mol. The molecule has 6 nitrogen and oxygen atoms in total. The molecule has 160 valence electrons. The molecule has 4 aromatic rings. The Hall–Kier alpha value is -3.06. The second-order valence-electron chi connectivity index (χ2n) is 8.31. The fourth-order valence-corrected chi connectivity index (χ4v) is 4.69. The van der Waals surface area contributed by atoms with Gasteiger partial charge in [0.05, 0.1) is 16.8 Å². The van der Waals surface area contributed by atoms with Crippen LogP contribution in [0.1, 0.15) is 67.0 Å². The minimum absolute atomic E-state index is 0.156. The van der Waals surface area contributed by atoms with Crippen LogP contribution in [0.4, 0.5) is 5.13 Å². The summed E-state index contributed by atoms with van der Waals surface area (Å²) in [6.45, 7) is 10.8. The van der Waals surface area contributed by atoms with Crippen LogP contribution >= 0.6 is 11.3 Å². The van der Waals surface area contributed by atoms with Crippen molar-refractivity contribution in [3.63, 3.8) is 0 Å². The van der Waals surface area contributed by atoms with Gasteiger partial charge in [-0.2, -0.15) is 5.10 Å². The molecule has 1 aromatic carbocycles. The number of hydrogen-bond donors (Lipinski definition) is 0. The van der Waals surface area contributed by atoms with E-state index in [1.54, 1.807) is 17.3 Å². The highest BCUT2D eigenvalue weighted by Crippen LogP contribution is 2.34. The van der Waals surface area contributed by atoms with Crippen LogP contribution in [0.5, 0.6) is 0 Å². The summed E-state index contributed by atoms with van der Waals surface area (Å²) in [6, 6.07) is 12.1. The van der Waals surface area contributed by atoms with Crippen molar-refractivity contribution < 1.29 is 4.79 Å². The molecule has 0 unspecified atom stereocenters. The van der Waals surface area contributed by atoms with E-state index in [-0.39, 0.29) is 11.9 Å². The van der Waals surface area contributed by atoms with Gasteiger partial charge in [0.2, 0.25) is 0 Å². The lowest BCUT2D eigenvalue weighted by Crippen LogP contribution is -2.31. The summed E-state index contributed by atoms with van der Waals surface area (Å²) in [5.41, 5.74) is 4.49. The molecule has 7 heteroatoms. The number of aryl methyl sites for hydroxylation is 1. The van der Waals surface area contributed by atoms with Gasteiger partial charge in [-0.1, -0.05) is 43.4 Å². The first-order valence-electron chi connectivity index (χ1n) is 10.5. The molecular weight excluding hydrogens is 406 g/mol. The number of hydrogen-bond acceptors (Lipinski definition) is 5. The van der Waals surface area contributed by atoms with E-state index >= 15 is 0 Å². The molecule has 3 aromatic heterocycles. The van der Waals surface area contributed by atoms with Crippen LogP contribution in [0.25, 0.3) is 10.2 Å². The highest BCUT2D eigenvalue weighted by Gasteiger charge is 2.25. The number of fused-ring (bicyclic) bond motifs is 1. The van der Waals surface area contributed by atoms with Crippen LogP contribution in [0.15, 0.2) is 48.8 Å². The third-order valence-corrected chi connectivity index (χ3v) is 6.27. The fourth-order valence-electron chi connectivity index (χ4n) is 3.69. The third kappa shape index (κ3) is 4.23. The highest BCUT2D eigenvalue weighted by molar-refractivity contribution is 7.22. The van der Waals surface area contributed by atoms with E-state index in [0.717, 1.165) is 21.5 Å². The van der Waals surface area contributed by atoms with Gasteiger partial charge >= 0.3 is 0 Å². The van der Waals surface area contributed by atoms with Crippen LogP contribution in [0.2, 0.25) is 0 Å². The van der Waals surface area contributed by atoms with E-state index < -0.39 is 0 Å². The average Bonchev–Trinajstić information content (AvgIpc) is 3.35. The molecule has 0 aliphatic carbocycles. The molecular formula is C24H27N5OS. The molecule has 0 radical (unpaired) electrons. The van der Waals surface area contributed by atoms with E-state index in [1.165, 1.54) is 16.9 Å². The number of aromatic nitrogens is 4. The molecule has 1 amide bonds. The van der Waals surface area contributed by atoms with E-state index in [0.29, 0.717) is 23.3 Å². The molecule has 0 saturated heterocycles. The van der Waals surface area contributed by atoms with Crippen LogP contribution < -0.4 is 4.90 Å². The van der Waals surface area contributed by atoms with Crippen LogP contribution in [-0.2, 0) is 6.54 Å². The zero-order chi connectivity index (χ0) is 22.1. The number of thiazole rings is 1. The van der Waals surface area contributed by atoms with Gasteiger partial charge in [-0.05, 0) is 56.0 Å². The Morgan fingerprint density at radius 2 is 1.97 bits per heavy atom. The van der Waals surface area contributed by atoms with E-state index in [4.69, 9.17) is 4.98 Å². The molecule has 0 aliphatic rings. The fraction of sp³-hybridized carbons (Fsp3) is 0.333. The average molecular weight is 434 g/mol. The Kier molecular flexibility index (Phi) is 5.87. The normalized spacial score (nSPS) is 11.6. The van der Waals surface area contributed by atoms with E-state index in [9.17, 15) is 4.79 Å². The van der Waals surface area contributed by atoms with Gasteiger partial charge in [0.15, 0.2) is 10.8 Å². The summed E-state index contributed by atoms with van der Waals surface area (Å²) in [6.07, 6.45) is 3.51. The molecule has 0 fully saturated rings. The third-order valence-electron chi connectivity index (χ3n) is 5.23. The van der Waals surface area contributed by atoms with Gasteiger partial charge in [0, 0.05) is 24.1 Å². The van der Waals surface area contributed by atoms with Gasteiger partial charge in [-0.25, -0.2) is 4.98 Å². The van der Waals surface area contributed by atoms with Crippen LogP contribution in [0.3, 0.4) is 0 Å². The first kappa shape index (κ1) is 21.2. The van der Waals surface area contributed by atoms with Crippen molar-refractivity contribution in [1.29, 1.82) is 0 Å². The number of benzene rings is 1. The Balaban J connectivity index is 1.80. The van der Waals surface area contributed by atoms with E-state index in [1.807, 2.05) is 29.8 Å². The van der Waals surface area contributed by atoms with Crippen LogP contribution in [0, 0.1) is 6.92 Å². The Bertz CT molecular complexity index is 1210. The molecule has 31 heavy (non-hydrogen) atoms. The molecule has 3 heterocycles. The quantitative estimate of drug-likeness (QED) is 0.388. The number of para-hydroxylation sites is 1. The summed E-state index contributed by atoms with van der Waals surface area (Å²) in [5, 5.41) is 5.26. The summed E-state index contributed by atoms with van der Waals surface area (Å²) < 4.78 is 2.96. The molecule has 0 spiro atoms. The van der Waals surface area contributed by atoms with Gasteiger partial charge in [-0.15, -0.1) is 0 Å².